The number of hydrogen-bond acceptors (Lipinski definition) is 6. The maximum Gasteiger partial charge on any atom is 0.416 e. The van der Waals surface area contributed by atoms with E-state index in [1.165, 1.54) is 6.07 Å². The number of ketones is 1. The van der Waals surface area contributed by atoms with E-state index in [0.29, 0.717) is 17.7 Å². The molecule has 0 aliphatic carbocycles. The summed E-state index contributed by atoms with van der Waals surface area (Å²) in [7, 11) is 0. The first kappa shape index (κ1) is 22.8. The molecule has 0 aliphatic heterocycles. The van der Waals surface area contributed by atoms with E-state index in [-0.39, 0.29) is 17.5 Å². The Bertz CT molecular complexity index is 1120. The molecule has 1 heterocycles. The highest BCUT2D eigenvalue weighted by molar-refractivity contribution is 6.00. The molecule has 0 amide bonds. The van der Waals surface area contributed by atoms with Crippen molar-refractivity contribution in [3.8, 4) is 17.4 Å². The van der Waals surface area contributed by atoms with Crippen LogP contribution in [-0.4, -0.2) is 17.0 Å². The lowest BCUT2D eigenvalue weighted by atomic mass is 10.1. The fourth-order valence-corrected chi connectivity index (χ4v) is 2.62. The van der Waals surface area contributed by atoms with Gasteiger partial charge in [-0.1, -0.05) is 35.5 Å². The number of hydrogen-bond donors (Lipinski definition) is 2. The van der Waals surface area contributed by atoms with Crippen molar-refractivity contribution in [1.82, 2.24) is 10.6 Å². The molecule has 1 atom stereocenters. The van der Waals surface area contributed by atoms with Crippen molar-refractivity contribution in [2.45, 2.75) is 18.4 Å². The van der Waals surface area contributed by atoms with Gasteiger partial charge in [-0.25, -0.2) is 5.43 Å². The molecule has 1 unspecified atom stereocenters. The molecule has 0 radical (unpaired) electrons. The molecule has 32 heavy (non-hydrogen) atoms. The first-order valence-electron chi connectivity index (χ1n) is 8.76. The number of aromatic nitrogens is 1. The van der Waals surface area contributed by atoms with E-state index in [1.807, 2.05) is 0 Å². The number of rotatable bonds is 6. The minimum absolute atomic E-state index is 0.0430. The second-order valence-corrected chi connectivity index (χ2v) is 6.43. The molecule has 6 nitrogen and oxygen atoms in total. The summed E-state index contributed by atoms with van der Waals surface area (Å²) in [4.78, 5) is 12.5. The van der Waals surface area contributed by atoms with E-state index < -0.39 is 41.0 Å². The van der Waals surface area contributed by atoms with Crippen LogP contribution in [0.1, 0.15) is 21.6 Å². The SMILES string of the molecule is N#CC(NNc1cc(C(F)(F)F)cc(C(F)(F)F)c1)C(=O)c1cc(-c2ccccc2)on1. The van der Waals surface area contributed by atoms with Gasteiger partial charge in [-0.05, 0) is 18.2 Å². The Morgan fingerprint density at radius 1 is 0.969 bits per heavy atom. The summed E-state index contributed by atoms with van der Waals surface area (Å²) < 4.78 is 82.8. The van der Waals surface area contributed by atoms with E-state index in [4.69, 9.17) is 4.52 Å². The van der Waals surface area contributed by atoms with Gasteiger partial charge in [-0.3, -0.25) is 4.79 Å². The zero-order valence-corrected chi connectivity index (χ0v) is 15.8. The van der Waals surface area contributed by atoms with Gasteiger partial charge in [-0.2, -0.15) is 31.6 Å². The fourth-order valence-electron chi connectivity index (χ4n) is 2.62. The normalized spacial score (nSPS) is 12.8. The quantitative estimate of drug-likeness (QED) is 0.307. The molecule has 1 aromatic heterocycles. The molecule has 0 spiro atoms. The number of carbonyl (C=O) groups is 1. The molecule has 3 aromatic rings. The van der Waals surface area contributed by atoms with E-state index in [0.717, 1.165) is 0 Å². The number of hydrazine groups is 1. The second kappa shape index (κ2) is 8.72. The molecule has 0 aliphatic rings. The van der Waals surface area contributed by atoms with Crippen molar-refractivity contribution >= 4 is 11.5 Å². The summed E-state index contributed by atoms with van der Waals surface area (Å²) >= 11 is 0. The number of nitrogens with one attached hydrogen (secondary N) is 2. The van der Waals surface area contributed by atoms with Gasteiger partial charge in [0, 0.05) is 17.3 Å². The Morgan fingerprint density at radius 2 is 1.56 bits per heavy atom. The number of alkyl halides is 6. The van der Waals surface area contributed by atoms with Crippen molar-refractivity contribution < 1.29 is 35.7 Å². The third-order valence-electron chi connectivity index (χ3n) is 4.16. The van der Waals surface area contributed by atoms with Crippen LogP contribution in [0, 0.1) is 11.3 Å². The Labute approximate surface area is 176 Å². The minimum Gasteiger partial charge on any atom is -0.356 e. The van der Waals surface area contributed by atoms with E-state index >= 15 is 0 Å². The Kier molecular flexibility index (Phi) is 6.22. The zero-order valence-electron chi connectivity index (χ0n) is 15.8. The summed E-state index contributed by atoms with van der Waals surface area (Å²) in [6.07, 6.45) is -10.1. The third-order valence-corrected chi connectivity index (χ3v) is 4.16. The van der Waals surface area contributed by atoms with Crippen LogP contribution in [0.2, 0.25) is 0 Å². The molecule has 166 valence electrons. The van der Waals surface area contributed by atoms with Gasteiger partial charge in [0.25, 0.3) is 0 Å². The van der Waals surface area contributed by atoms with Crippen LogP contribution in [0.4, 0.5) is 32.0 Å². The average molecular weight is 454 g/mol. The van der Waals surface area contributed by atoms with Gasteiger partial charge < -0.3 is 9.95 Å². The lowest BCUT2D eigenvalue weighted by molar-refractivity contribution is -0.143. The van der Waals surface area contributed by atoms with Gasteiger partial charge in [0.05, 0.1) is 17.2 Å². The number of carbonyl (C=O) groups excluding carboxylic acids is 1. The maximum absolute atomic E-state index is 13.0. The molecule has 0 saturated carbocycles. The van der Waals surface area contributed by atoms with E-state index in [1.54, 1.807) is 36.4 Å². The number of anilines is 1. The topological polar surface area (TPSA) is 91.0 Å². The van der Waals surface area contributed by atoms with Crippen LogP contribution in [0.25, 0.3) is 11.3 Å². The lowest BCUT2D eigenvalue weighted by Crippen LogP contribution is -2.39. The first-order valence-corrected chi connectivity index (χ1v) is 8.76. The predicted octanol–water partition coefficient (Wildman–Crippen LogP) is 5.07. The summed E-state index contributed by atoms with van der Waals surface area (Å²) in [5, 5.41) is 12.8. The maximum atomic E-state index is 13.0. The predicted molar refractivity (Wildman–Crippen MR) is 98.9 cm³/mol. The highest BCUT2D eigenvalue weighted by Crippen LogP contribution is 2.37. The summed E-state index contributed by atoms with van der Waals surface area (Å²) in [5.41, 5.74) is 0.753. The number of nitriles is 1. The molecule has 3 rings (SSSR count). The molecular formula is C20H12F6N4O2. The van der Waals surface area contributed by atoms with Crippen molar-refractivity contribution in [2.75, 3.05) is 5.43 Å². The molecule has 0 saturated heterocycles. The summed E-state index contributed by atoms with van der Waals surface area (Å²) in [6, 6.07) is 10.5. The molecule has 2 N–H and O–H groups in total. The summed E-state index contributed by atoms with van der Waals surface area (Å²) in [6.45, 7) is 0. The van der Waals surface area contributed by atoms with E-state index in [2.05, 4.69) is 16.0 Å². The van der Waals surface area contributed by atoms with Crippen LogP contribution in [-0.2, 0) is 12.4 Å². The van der Waals surface area contributed by atoms with Gasteiger partial charge in [0.15, 0.2) is 17.5 Å². The number of nitrogens with zero attached hydrogens (tertiary/aromatic N) is 2. The molecule has 2 aromatic carbocycles. The average Bonchev–Trinajstić information content (AvgIpc) is 3.23. The standard InChI is InChI=1S/C20H12F6N4O2/c21-19(22,23)12-6-13(20(24,25)26)8-14(7-12)28-29-16(10-27)18(31)15-9-17(32-30-15)11-4-2-1-3-5-11/h1-9,16,28-29H. The molecule has 0 fully saturated rings. The van der Waals surface area contributed by atoms with Crippen LogP contribution in [0.15, 0.2) is 59.1 Å². The first-order chi connectivity index (χ1) is 15.0. The fraction of sp³-hybridized carbons (Fsp3) is 0.150. The lowest BCUT2D eigenvalue weighted by Gasteiger charge is -2.16. The second-order valence-electron chi connectivity index (χ2n) is 6.43. The number of Topliss-reactive ketones (excluding diaryl/α,β-unsaturated/α-hetero) is 1. The van der Waals surface area contributed by atoms with Gasteiger partial charge in [0.2, 0.25) is 5.78 Å². The van der Waals surface area contributed by atoms with Crippen molar-refractivity contribution in [3.63, 3.8) is 0 Å². The smallest absolute Gasteiger partial charge is 0.356 e. The highest BCUT2D eigenvalue weighted by atomic mass is 19.4. The number of benzene rings is 2. The molecule has 0 bridgehead atoms. The highest BCUT2D eigenvalue weighted by Gasteiger charge is 2.37. The Hall–Kier alpha value is -3.85. The Balaban J connectivity index is 1.79. The number of halogens is 6. The van der Waals surface area contributed by atoms with E-state index in [9.17, 15) is 36.4 Å². The zero-order chi connectivity index (χ0) is 23.5. The van der Waals surface area contributed by atoms with Gasteiger partial charge >= 0.3 is 12.4 Å². The monoisotopic (exact) mass is 454 g/mol. The van der Waals surface area contributed by atoms with Gasteiger partial charge in [0.1, 0.15) is 0 Å². The van der Waals surface area contributed by atoms with Crippen LogP contribution in [0.5, 0.6) is 0 Å². The van der Waals surface area contributed by atoms with Crippen LogP contribution in [0.3, 0.4) is 0 Å². The molecule has 12 heteroatoms. The Morgan fingerprint density at radius 3 is 2.09 bits per heavy atom. The van der Waals surface area contributed by atoms with Crippen LogP contribution < -0.4 is 10.9 Å². The minimum atomic E-state index is -5.04. The van der Waals surface area contributed by atoms with Crippen LogP contribution >= 0.6 is 0 Å². The van der Waals surface area contributed by atoms with Crippen molar-refractivity contribution in [1.29, 1.82) is 5.26 Å². The molecular weight excluding hydrogens is 442 g/mol. The van der Waals surface area contributed by atoms with Crippen molar-refractivity contribution in [2.24, 2.45) is 0 Å². The summed E-state index contributed by atoms with van der Waals surface area (Å²) in [5.74, 6) is -0.680. The third kappa shape index (κ3) is 5.25. The largest absolute Gasteiger partial charge is 0.416 e. The van der Waals surface area contributed by atoms with Gasteiger partial charge in [-0.15, -0.1) is 0 Å². The van der Waals surface area contributed by atoms with Crippen molar-refractivity contribution in [3.05, 3.63) is 71.4 Å².